The van der Waals surface area contributed by atoms with E-state index in [1.54, 1.807) is 17.0 Å². The Hall–Kier alpha value is -3.34. The van der Waals surface area contributed by atoms with Crippen LogP contribution < -0.4 is 22.1 Å². The van der Waals surface area contributed by atoms with Crippen molar-refractivity contribution in [1.82, 2.24) is 15.5 Å². The molecule has 1 saturated heterocycles. The molecule has 0 radical (unpaired) electrons. The number of hydrogen-bond acceptors (Lipinski definition) is 6. The average Bonchev–Trinajstić information content (AvgIpc) is 3.28. The van der Waals surface area contributed by atoms with Gasteiger partial charge in [-0.05, 0) is 49.3 Å². The number of aliphatic imine (C=N–C) groups is 1. The second-order valence-electron chi connectivity index (χ2n) is 10.1. The molecule has 0 spiro atoms. The number of aliphatic hydroxyl groups is 1. The highest BCUT2D eigenvalue weighted by Gasteiger charge is 2.41. The third kappa shape index (κ3) is 10.2. The number of aliphatic hydroxyl groups excluding tert-OH is 1. The number of likely N-dealkylation sites (tertiary alicyclic amines) is 1. The first-order valence-electron chi connectivity index (χ1n) is 13.5. The van der Waals surface area contributed by atoms with Crippen molar-refractivity contribution in [2.24, 2.45) is 22.4 Å². The molecule has 2 rings (SSSR count). The number of phenols is 1. The molecule has 8 N–H and O–H groups in total. The van der Waals surface area contributed by atoms with E-state index in [0.717, 1.165) is 24.8 Å². The largest absolute Gasteiger partial charge is 0.508 e. The summed E-state index contributed by atoms with van der Waals surface area (Å²) in [7, 11) is 0. The van der Waals surface area contributed by atoms with Gasteiger partial charge in [-0.1, -0.05) is 38.8 Å². The van der Waals surface area contributed by atoms with Gasteiger partial charge in [-0.3, -0.25) is 19.4 Å². The molecule has 1 heterocycles. The first-order chi connectivity index (χ1) is 18.1. The third-order valence-corrected chi connectivity index (χ3v) is 6.68. The number of guanidine groups is 1. The summed E-state index contributed by atoms with van der Waals surface area (Å²) in [5.41, 5.74) is 11.5. The molecule has 212 valence electrons. The van der Waals surface area contributed by atoms with E-state index < -0.39 is 18.1 Å². The summed E-state index contributed by atoms with van der Waals surface area (Å²) in [6.07, 6.45) is 4.74. The number of amides is 3. The molecule has 0 saturated carbocycles. The lowest BCUT2D eigenvalue weighted by molar-refractivity contribution is -0.141. The predicted octanol–water partition coefficient (Wildman–Crippen LogP) is 0.768. The summed E-state index contributed by atoms with van der Waals surface area (Å²) in [6, 6.07) is 4.46. The number of benzene rings is 1. The molecule has 11 nitrogen and oxygen atoms in total. The van der Waals surface area contributed by atoms with Crippen LogP contribution >= 0.6 is 0 Å². The van der Waals surface area contributed by atoms with Gasteiger partial charge < -0.3 is 37.2 Å². The average molecular weight is 533 g/mol. The minimum atomic E-state index is -0.845. The Kier molecular flexibility index (Phi) is 12.8. The van der Waals surface area contributed by atoms with Crippen molar-refractivity contribution in [3.05, 3.63) is 29.8 Å². The van der Waals surface area contributed by atoms with E-state index in [1.165, 1.54) is 12.1 Å². The number of hydrogen-bond donors (Lipinski definition) is 6. The van der Waals surface area contributed by atoms with Crippen LogP contribution in [-0.2, 0) is 20.8 Å². The molecule has 0 bridgehead atoms. The Morgan fingerprint density at radius 2 is 1.84 bits per heavy atom. The first-order valence-corrected chi connectivity index (χ1v) is 13.5. The van der Waals surface area contributed by atoms with Gasteiger partial charge in [0.15, 0.2) is 5.96 Å². The Bertz CT molecular complexity index is 934. The van der Waals surface area contributed by atoms with Crippen LogP contribution in [-0.4, -0.2) is 76.6 Å². The zero-order chi connectivity index (χ0) is 28.1. The van der Waals surface area contributed by atoms with E-state index in [1.807, 2.05) is 6.92 Å². The lowest BCUT2D eigenvalue weighted by Crippen LogP contribution is -2.55. The van der Waals surface area contributed by atoms with Crippen molar-refractivity contribution in [1.29, 1.82) is 0 Å². The Labute approximate surface area is 225 Å². The van der Waals surface area contributed by atoms with Crippen molar-refractivity contribution in [2.75, 3.05) is 19.7 Å². The first kappa shape index (κ1) is 30.9. The summed E-state index contributed by atoms with van der Waals surface area (Å²) < 4.78 is 0. The number of nitrogens with two attached hydrogens (primary N) is 2. The zero-order valence-electron chi connectivity index (χ0n) is 22.6. The van der Waals surface area contributed by atoms with Gasteiger partial charge in [-0.15, -0.1) is 0 Å². The normalized spacial score (nSPS) is 18.4. The van der Waals surface area contributed by atoms with Gasteiger partial charge in [0.05, 0.1) is 12.6 Å². The highest BCUT2D eigenvalue weighted by Crippen LogP contribution is 2.25. The van der Waals surface area contributed by atoms with Gasteiger partial charge in [-0.2, -0.15) is 0 Å². The van der Waals surface area contributed by atoms with Crippen molar-refractivity contribution in [2.45, 2.75) is 83.3 Å². The molecule has 0 aromatic heterocycles. The fraction of sp³-hybridized carbons (Fsp3) is 0.630. The molecule has 1 aliphatic heterocycles. The number of carbonyl (C=O) groups is 3. The monoisotopic (exact) mass is 532 g/mol. The van der Waals surface area contributed by atoms with E-state index in [9.17, 15) is 24.6 Å². The SMILES string of the molecule is CCCCCC(=O)N[C@@H](Cc1ccc(O)cc1)C(=O)N1CC(C)CC1C(=O)NC(CO)CCCN=C(N)N. The molecule has 1 aliphatic rings. The van der Waals surface area contributed by atoms with Gasteiger partial charge in [0.25, 0.3) is 0 Å². The van der Waals surface area contributed by atoms with Gasteiger partial charge >= 0.3 is 0 Å². The summed E-state index contributed by atoms with van der Waals surface area (Å²) in [5.74, 6) is -0.658. The van der Waals surface area contributed by atoms with Gasteiger partial charge in [0, 0.05) is 25.9 Å². The number of phenolic OH excluding ortho intramolecular Hbond substituents is 1. The van der Waals surface area contributed by atoms with Crippen LogP contribution in [0.15, 0.2) is 29.3 Å². The standard InChI is InChI=1S/C27H44N6O5/c1-3-4-5-8-24(36)32-22(15-19-9-11-21(35)12-10-19)26(38)33-16-18(2)14-23(33)25(37)31-20(17-34)7-6-13-30-27(28)29/h9-12,18,20,22-23,34-35H,3-8,13-17H2,1-2H3,(H,31,37)(H,32,36)(H4,28,29,30)/t18?,20?,22-,23?/m0/s1. The minimum Gasteiger partial charge on any atom is -0.508 e. The van der Waals surface area contributed by atoms with Crippen LogP contribution in [0.3, 0.4) is 0 Å². The van der Waals surface area contributed by atoms with E-state index in [4.69, 9.17) is 11.5 Å². The summed E-state index contributed by atoms with van der Waals surface area (Å²) in [5, 5.41) is 25.1. The maximum atomic E-state index is 13.8. The van der Waals surface area contributed by atoms with Crippen LogP contribution in [0.25, 0.3) is 0 Å². The zero-order valence-corrected chi connectivity index (χ0v) is 22.6. The van der Waals surface area contributed by atoms with Crippen molar-refractivity contribution < 1.29 is 24.6 Å². The number of nitrogens with zero attached hydrogens (tertiary/aromatic N) is 2. The van der Waals surface area contributed by atoms with Gasteiger partial charge in [-0.25, -0.2) is 0 Å². The van der Waals surface area contributed by atoms with E-state index in [-0.39, 0.29) is 48.4 Å². The molecule has 4 atom stereocenters. The Morgan fingerprint density at radius 1 is 1.13 bits per heavy atom. The molecular formula is C27H44N6O5. The van der Waals surface area contributed by atoms with Crippen LogP contribution in [0.1, 0.15) is 64.4 Å². The van der Waals surface area contributed by atoms with Gasteiger partial charge in [0.2, 0.25) is 17.7 Å². The maximum absolute atomic E-state index is 13.8. The quantitative estimate of drug-likeness (QED) is 0.109. The number of unbranched alkanes of at least 4 members (excludes halogenated alkanes) is 2. The third-order valence-electron chi connectivity index (χ3n) is 6.68. The Balaban J connectivity index is 2.13. The molecule has 3 unspecified atom stereocenters. The molecule has 1 aromatic carbocycles. The van der Waals surface area contributed by atoms with Crippen molar-refractivity contribution in [3.8, 4) is 5.75 Å². The summed E-state index contributed by atoms with van der Waals surface area (Å²) in [6.45, 7) is 4.56. The molecule has 11 heteroatoms. The van der Waals surface area contributed by atoms with Crippen LogP contribution in [0.4, 0.5) is 0 Å². The molecule has 0 aliphatic carbocycles. The molecule has 38 heavy (non-hydrogen) atoms. The minimum absolute atomic E-state index is 0.0111. The summed E-state index contributed by atoms with van der Waals surface area (Å²) >= 11 is 0. The highest BCUT2D eigenvalue weighted by molar-refractivity contribution is 5.93. The lowest BCUT2D eigenvalue weighted by atomic mass is 10.0. The highest BCUT2D eigenvalue weighted by atomic mass is 16.3. The van der Waals surface area contributed by atoms with Crippen LogP contribution in [0.5, 0.6) is 5.75 Å². The smallest absolute Gasteiger partial charge is 0.246 e. The summed E-state index contributed by atoms with van der Waals surface area (Å²) in [4.78, 5) is 45.1. The second kappa shape index (κ2) is 15.8. The molecular weight excluding hydrogens is 488 g/mol. The number of carbonyl (C=O) groups excluding carboxylic acids is 3. The van der Waals surface area contributed by atoms with E-state index in [2.05, 4.69) is 22.5 Å². The van der Waals surface area contributed by atoms with Crippen LogP contribution in [0.2, 0.25) is 0 Å². The maximum Gasteiger partial charge on any atom is 0.246 e. The number of aromatic hydroxyl groups is 1. The molecule has 1 aromatic rings. The fourth-order valence-electron chi connectivity index (χ4n) is 4.66. The van der Waals surface area contributed by atoms with Crippen LogP contribution in [0, 0.1) is 5.92 Å². The van der Waals surface area contributed by atoms with E-state index in [0.29, 0.717) is 38.8 Å². The predicted molar refractivity (Wildman–Crippen MR) is 146 cm³/mol. The van der Waals surface area contributed by atoms with Crippen molar-refractivity contribution >= 4 is 23.7 Å². The van der Waals surface area contributed by atoms with E-state index >= 15 is 0 Å². The number of rotatable bonds is 15. The Morgan fingerprint density at radius 3 is 2.47 bits per heavy atom. The molecule has 3 amide bonds. The van der Waals surface area contributed by atoms with Crippen molar-refractivity contribution in [3.63, 3.8) is 0 Å². The molecule has 1 fully saturated rings. The number of nitrogens with one attached hydrogen (secondary N) is 2. The second-order valence-corrected chi connectivity index (χ2v) is 10.1. The topological polar surface area (TPSA) is 183 Å². The lowest BCUT2D eigenvalue weighted by Gasteiger charge is -2.30. The fourth-order valence-corrected chi connectivity index (χ4v) is 4.66. The van der Waals surface area contributed by atoms with Gasteiger partial charge in [0.1, 0.15) is 17.8 Å².